The Labute approximate surface area is 115 Å². The number of ether oxygens (including phenoxy) is 1. The van der Waals surface area contributed by atoms with Gasteiger partial charge < -0.3 is 19.9 Å². The van der Waals surface area contributed by atoms with Gasteiger partial charge in [-0.3, -0.25) is 0 Å². The molecule has 0 saturated heterocycles. The van der Waals surface area contributed by atoms with Crippen molar-refractivity contribution in [3.8, 4) is 0 Å². The normalized spacial score (nSPS) is 10.9. The van der Waals surface area contributed by atoms with Gasteiger partial charge in [-0.25, -0.2) is 4.79 Å². The monoisotopic (exact) mass is 267 g/mol. The second-order valence-corrected chi connectivity index (χ2v) is 4.45. The predicted octanol–water partition coefficient (Wildman–Crippen LogP) is 1.62. The molecule has 2 N–H and O–H groups in total. The fraction of sp³-hybridized carbons (Fsp3) is 0.643. The highest BCUT2D eigenvalue weighted by molar-refractivity contribution is 5.87. The molecule has 1 aromatic heterocycles. The standard InChI is InChI=1S/C14H25N3O2/c1-4-17(5-2)10-6-9-15-11-12-7-8-13(16-12)14(18)19-3/h7-8,15-16H,4-6,9-11H2,1-3H3. The van der Waals surface area contributed by atoms with Crippen LogP contribution in [0, 0.1) is 0 Å². The molecule has 1 rings (SSSR count). The number of aromatic nitrogens is 1. The van der Waals surface area contributed by atoms with Gasteiger partial charge in [0.25, 0.3) is 0 Å². The molecular formula is C14H25N3O2. The quantitative estimate of drug-likeness (QED) is 0.527. The van der Waals surface area contributed by atoms with E-state index in [-0.39, 0.29) is 5.97 Å². The van der Waals surface area contributed by atoms with E-state index >= 15 is 0 Å². The second kappa shape index (κ2) is 8.72. The molecule has 0 radical (unpaired) electrons. The molecule has 0 bridgehead atoms. The van der Waals surface area contributed by atoms with E-state index in [0.717, 1.165) is 44.8 Å². The summed E-state index contributed by atoms with van der Waals surface area (Å²) < 4.78 is 4.65. The Balaban J connectivity index is 2.19. The number of aromatic amines is 1. The third kappa shape index (κ3) is 5.44. The van der Waals surface area contributed by atoms with Crippen molar-refractivity contribution < 1.29 is 9.53 Å². The van der Waals surface area contributed by atoms with Crippen molar-refractivity contribution in [1.82, 2.24) is 15.2 Å². The smallest absolute Gasteiger partial charge is 0.354 e. The number of carbonyl (C=O) groups is 1. The largest absolute Gasteiger partial charge is 0.464 e. The lowest BCUT2D eigenvalue weighted by atomic mass is 10.3. The Morgan fingerprint density at radius 3 is 2.74 bits per heavy atom. The molecule has 0 amide bonds. The van der Waals surface area contributed by atoms with Crippen LogP contribution in [0.4, 0.5) is 0 Å². The minimum absolute atomic E-state index is 0.326. The van der Waals surface area contributed by atoms with E-state index in [2.05, 4.69) is 33.8 Å². The van der Waals surface area contributed by atoms with Crippen molar-refractivity contribution in [2.75, 3.05) is 33.3 Å². The molecule has 0 aliphatic rings. The molecular weight excluding hydrogens is 242 g/mol. The van der Waals surface area contributed by atoms with E-state index in [4.69, 9.17) is 0 Å². The van der Waals surface area contributed by atoms with Crippen LogP contribution in [-0.4, -0.2) is 49.1 Å². The number of nitrogens with zero attached hydrogens (tertiary/aromatic N) is 1. The molecule has 1 heterocycles. The molecule has 1 aromatic rings. The maximum atomic E-state index is 11.3. The minimum Gasteiger partial charge on any atom is -0.464 e. The second-order valence-electron chi connectivity index (χ2n) is 4.45. The van der Waals surface area contributed by atoms with Gasteiger partial charge in [-0.1, -0.05) is 13.8 Å². The van der Waals surface area contributed by atoms with Gasteiger partial charge in [0.1, 0.15) is 5.69 Å². The number of carbonyl (C=O) groups excluding carboxylic acids is 1. The highest BCUT2D eigenvalue weighted by Gasteiger charge is 2.07. The summed E-state index contributed by atoms with van der Waals surface area (Å²) in [6.07, 6.45) is 1.13. The SMILES string of the molecule is CCN(CC)CCCNCc1ccc(C(=O)OC)[nH]1. The Morgan fingerprint density at radius 1 is 1.37 bits per heavy atom. The van der Waals surface area contributed by atoms with E-state index in [0.29, 0.717) is 5.69 Å². The number of nitrogens with one attached hydrogen (secondary N) is 2. The summed E-state index contributed by atoms with van der Waals surface area (Å²) >= 11 is 0. The van der Waals surface area contributed by atoms with Crippen LogP contribution in [0.2, 0.25) is 0 Å². The van der Waals surface area contributed by atoms with E-state index in [1.54, 1.807) is 6.07 Å². The third-order valence-corrected chi connectivity index (χ3v) is 3.19. The van der Waals surface area contributed by atoms with Crippen LogP contribution in [0.5, 0.6) is 0 Å². The van der Waals surface area contributed by atoms with Crippen molar-refractivity contribution >= 4 is 5.97 Å². The molecule has 108 valence electrons. The first-order valence-electron chi connectivity index (χ1n) is 6.90. The van der Waals surface area contributed by atoms with E-state index < -0.39 is 0 Å². The third-order valence-electron chi connectivity index (χ3n) is 3.19. The van der Waals surface area contributed by atoms with Crippen molar-refractivity contribution in [2.24, 2.45) is 0 Å². The summed E-state index contributed by atoms with van der Waals surface area (Å²) in [7, 11) is 1.38. The summed E-state index contributed by atoms with van der Waals surface area (Å²) in [6, 6.07) is 3.66. The Morgan fingerprint density at radius 2 is 2.11 bits per heavy atom. The zero-order valence-electron chi connectivity index (χ0n) is 12.2. The number of methoxy groups -OCH3 is 1. The van der Waals surface area contributed by atoms with Gasteiger partial charge >= 0.3 is 5.97 Å². The average molecular weight is 267 g/mol. The van der Waals surface area contributed by atoms with Crippen molar-refractivity contribution in [2.45, 2.75) is 26.8 Å². The maximum Gasteiger partial charge on any atom is 0.354 e. The fourth-order valence-electron chi connectivity index (χ4n) is 1.96. The van der Waals surface area contributed by atoms with Crippen LogP contribution >= 0.6 is 0 Å². The lowest BCUT2D eigenvalue weighted by molar-refractivity contribution is 0.0594. The van der Waals surface area contributed by atoms with Gasteiger partial charge in [-0.15, -0.1) is 0 Å². The van der Waals surface area contributed by atoms with Gasteiger partial charge in [0, 0.05) is 12.2 Å². The number of rotatable bonds is 9. The van der Waals surface area contributed by atoms with Crippen LogP contribution in [0.1, 0.15) is 36.5 Å². The first kappa shape index (κ1) is 15.7. The molecule has 0 aliphatic carbocycles. The summed E-state index contributed by atoms with van der Waals surface area (Å²) in [5.41, 5.74) is 1.51. The zero-order chi connectivity index (χ0) is 14.1. The van der Waals surface area contributed by atoms with Gasteiger partial charge in [0.2, 0.25) is 0 Å². The average Bonchev–Trinajstić information content (AvgIpc) is 2.91. The summed E-state index contributed by atoms with van der Waals surface area (Å²) in [6.45, 7) is 9.43. The van der Waals surface area contributed by atoms with Crippen molar-refractivity contribution in [3.63, 3.8) is 0 Å². The lowest BCUT2D eigenvalue weighted by Gasteiger charge is -2.17. The molecule has 0 unspecified atom stereocenters. The van der Waals surface area contributed by atoms with Crippen molar-refractivity contribution in [3.05, 3.63) is 23.5 Å². The summed E-state index contributed by atoms with van der Waals surface area (Å²) in [5, 5.41) is 3.37. The molecule has 0 saturated carbocycles. The van der Waals surface area contributed by atoms with Gasteiger partial charge in [0.05, 0.1) is 7.11 Å². The van der Waals surface area contributed by atoms with Crippen LogP contribution < -0.4 is 5.32 Å². The molecule has 19 heavy (non-hydrogen) atoms. The van der Waals surface area contributed by atoms with E-state index in [9.17, 15) is 4.79 Å². The van der Waals surface area contributed by atoms with Crippen LogP contribution in [0.15, 0.2) is 12.1 Å². The first-order valence-corrected chi connectivity index (χ1v) is 6.90. The Bertz CT molecular complexity index is 373. The zero-order valence-corrected chi connectivity index (χ0v) is 12.2. The predicted molar refractivity (Wildman–Crippen MR) is 76.2 cm³/mol. The molecule has 0 spiro atoms. The van der Waals surface area contributed by atoms with Crippen LogP contribution in [0.3, 0.4) is 0 Å². The molecule has 0 aromatic carbocycles. The first-order chi connectivity index (χ1) is 9.21. The number of hydrogen-bond donors (Lipinski definition) is 2. The summed E-state index contributed by atoms with van der Waals surface area (Å²) in [4.78, 5) is 16.7. The van der Waals surface area contributed by atoms with Crippen LogP contribution in [-0.2, 0) is 11.3 Å². The van der Waals surface area contributed by atoms with Gasteiger partial charge in [-0.2, -0.15) is 0 Å². The topological polar surface area (TPSA) is 57.4 Å². The van der Waals surface area contributed by atoms with Gasteiger partial charge in [0.15, 0.2) is 0 Å². The van der Waals surface area contributed by atoms with Crippen molar-refractivity contribution in [1.29, 1.82) is 0 Å². The Hall–Kier alpha value is -1.33. The number of H-pyrrole nitrogens is 1. The van der Waals surface area contributed by atoms with Crippen LogP contribution in [0.25, 0.3) is 0 Å². The molecule has 0 aliphatic heterocycles. The summed E-state index contributed by atoms with van der Waals surface area (Å²) in [5.74, 6) is -0.326. The van der Waals surface area contributed by atoms with Gasteiger partial charge in [-0.05, 0) is 44.7 Å². The molecule has 0 fully saturated rings. The molecule has 5 heteroatoms. The number of hydrogen-bond acceptors (Lipinski definition) is 4. The molecule has 0 atom stereocenters. The minimum atomic E-state index is -0.326. The highest BCUT2D eigenvalue weighted by atomic mass is 16.5. The maximum absolute atomic E-state index is 11.3. The number of esters is 1. The van der Waals surface area contributed by atoms with E-state index in [1.807, 2.05) is 6.07 Å². The Kier molecular flexibility index (Phi) is 7.22. The fourth-order valence-corrected chi connectivity index (χ4v) is 1.96. The highest BCUT2D eigenvalue weighted by Crippen LogP contribution is 2.03. The van der Waals surface area contributed by atoms with E-state index in [1.165, 1.54) is 7.11 Å². The lowest BCUT2D eigenvalue weighted by Crippen LogP contribution is -2.27. The molecule has 5 nitrogen and oxygen atoms in total.